The second-order valence-electron chi connectivity index (χ2n) is 6.25. The van der Waals surface area contributed by atoms with Crippen LogP contribution in [0.5, 0.6) is 0 Å². The number of pyridine rings is 1. The number of rotatable bonds is 7. The fraction of sp³-hybridized carbons (Fsp3) is 0.217. The smallest absolute Gasteiger partial charge is 0.333 e. The Bertz CT molecular complexity index is 967. The molecule has 138 valence electrons. The van der Waals surface area contributed by atoms with Crippen molar-refractivity contribution < 1.29 is 9.53 Å². The van der Waals surface area contributed by atoms with Gasteiger partial charge in [-0.2, -0.15) is 0 Å². The van der Waals surface area contributed by atoms with Gasteiger partial charge in [0, 0.05) is 28.7 Å². The second kappa shape index (κ2) is 8.87. The third-order valence-electron chi connectivity index (χ3n) is 4.40. The van der Waals surface area contributed by atoms with Gasteiger partial charge in [-0.05, 0) is 30.4 Å². The van der Waals surface area contributed by atoms with Gasteiger partial charge in [0.15, 0.2) is 0 Å². The molecule has 0 saturated heterocycles. The number of aromatic nitrogens is 1. The van der Waals surface area contributed by atoms with Crippen molar-refractivity contribution in [2.45, 2.75) is 24.7 Å². The van der Waals surface area contributed by atoms with Crippen molar-refractivity contribution in [2.24, 2.45) is 0 Å². The highest BCUT2D eigenvalue weighted by Gasteiger charge is 2.18. The standard InChI is InChI=1S/C23H23NO2S/c1-4-26-23(25)16(2)14-21-19(15-17-10-6-5-7-11-17)22(27-3)18-12-8-9-13-20(18)24-21/h5-13H,2,4,14-15H2,1,3H3. The third kappa shape index (κ3) is 4.40. The van der Waals surface area contributed by atoms with Crippen molar-refractivity contribution in [1.29, 1.82) is 0 Å². The number of benzene rings is 2. The molecule has 0 fully saturated rings. The Morgan fingerprint density at radius 3 is 2.52 bits per heavy atom. The van der Waals surface area contributed by atoms with Crippen LogP contribution in [0.3, 0.4) is 0 Å². The minimum absolute atomic E-state index is 0.343. The molecule has 0 spiro atoms. The molecule has 0 radical (unpaired) electrons. The van der Waals surface area contributed by atoms with Crippen LogP contribution < -0.4 is 0 Å². The third-order valence-corrected chi connectivity index (χ3v) is 5.27. The number of hydrogen-bond acceptors (Lipinski definition) is 4. The molecule has 0 saturated carbocycles. The molecule has 1 heterocycles. The Kier molecular flexibility index (Phi) is 6.30. The SMILES string of the molecule is C=C(Cc1nc2ccccc2c(SC)c1Cc1ccccc1)C(=O)OCC. The second-order valence-corrected chi connectivity index (χ2v) is 7.07. The first-order valence-corrected chi connectivity index (χ1v) is 10.2. The van der Waals surface area contributed by atoms with Crippen molar-refractivity contribution in [3.63, 3.8) is 0 Å². The van der Waals surface area contributed by atoms with E-state index in [9.17, 15) is 4.79 Å². The zero-order valence-electron chi connectivity index (χ0n) is 15.7. The van der Waals surface area contributed by atoms with Crippen molar-refractivity contribution >= 4 is 28.6 Å². The molecule has 0 aliphatic rings. The van der Waals surface area contributed by atoms with Crippen LogP contribution in [0.15, 0.2) is 71.6 Å². The molecule has 0 unspecified atom stereocenters. The molecule has 3 aromatic rings. The van der Waals surface area contributed by atoms with Gasteiger partial charge in [-0.25, -0.2) is 4.79 Å². The molecule has 4 heteroatoms. The number of thioether (sulfide) groups is 1. The van der Waals surface area contributed by atoms with E-state index in [0.717, 1.165) is 28.6 Å². The van der Waals surface area contributed by atoms with Crippen LogP contribution in [-0.4, -0.2) is 23.8 Å². The number of para-hydroxylation sites is 1. The predicted octanol–water partition coefficient (Wildman–Crippen LogP) is 5.21. The maximum atomic E-state index is 12.1. The number of fused-ring (bicyclic) bond motifs is 1. The number of carbonyl (C=O) groups is 1. The molecule has 0 atom stereocenters. The van der Waals surface area contributed by atoms with Gasteiger partial charge < -0.3 is 4.74 Å². The molecule has 0 aliphatic heterocycles. The summed E-state index contributed by atoms with van der Waals surface area (Å²) in [5.74, 6) is -0.358. The summed E-state index contributed by atoms with van der Waals surface area (Å²) in [6.07, 6.45) is 3.24. The summed E-state index contributed by atoms with van der Waals surface area (Å²) in [4.78, 5) is 18.2. The van der Waals surface area contributed by atoms with E-state index in [1.165, 1.54) is 10.5 Å². The van der Waals surface area contributed by atoms with E-state index in [1.807, 2.05) is 36.4 Å². The van der Waals surface area contributed by atoms with Crippen molar-refractivity contribution in [1.82, 2.24) is 4.98 Å². The van der Waals surface area contributed by atoms with Crippen LogP contribution in [0.2, 0.25) is 0 Å². The van der Waals surface area contributed by atoms with Gasteiger partial charge in [0.1, 0.15) is 0 Å². The molecule has 2 aromatic carbocycles. The first kappa shape index (κ1) is 19.2. The van der Waals surface area contributed by atoms with E-state index in [-0.39, 0.29) is 5.97 Å². The van der Waals surface area contributed by atoms with Crippen LogP contribution in [0.1, 0.15) is 23.7 Å². The topological polar surface area (TPSA) is 39.2 Å². The van der Waals surface area contributed by atoms with E-state index in [0.29, 0.717) is 18.6 Å². The summed E-state index contributed by atoms with van der Waals surface area (Å²) in [5.41, 5.74) is 4.62. The lowest BCUT2D eigenvalue weighted by atomic mass is 9.98. The first-order chi connectivity index (χ1) is 13.1. The summed E-state index contributed by atoms with van der Waals surface area (Å²) in [6.45, 7) is 6.07. The molecule has 3 rings (SSSR count). The highest BCUT2D eigenvalue weighted by Crippen LogP contribution is 2.33. The Morgan fingerprint density at radius 1 is 1.11 bits per heavy atom. The van der Waals surface area contributed by atoms with Crippen LogP contribution in [0.25, 0.3) is 10.9 Å². The summed E-state index contributed by atoms with van der Waals surface area (Å²) < 4.78 is 5.11. The van der Waals surface area contributed by atoms with Crippen LogP contribution in [0.4, 0.5) is 0 Å². The van der Waals surface area contributed by atoms with Crippen molar-refractivity contribution in [3.05, 3.63) is 83.6 Å². The molecular formula is C23H23NO2S. The van der Waals surface area contributed by atoms with Gasteiger partial charge in [-0.3, -0.25) is 4.98 Å². The Hall–Kier alpha value is -2.59. The Balaban J connectivity index is 2.10. The maximum Gasteiger partial charge on any atom is 0.333 e. The average Bonchev–Trinajstić information content (AvgIpc) is 2.69. The molecular weight excluding hydrogens is 354 g/mol. The van der Waals surface area contributed by atoms with E-state index < -0.39 is 0 Å². The minimum atomic E-state index is -0.358. The molecule has 0 aliphatic carbocycles. The molecule has 0 bridgehead atoms. The summed E-state index contributed by atoms with van der Waals surface area (Å²) in [5, 5.41) is 1.14. The van der Waals surface area contributed by atoms with Gasteiger partial charge in [-0.1, -0.05) is 55.1 Å². The highest BCUT2D eigenvalue weighted by atomic mass is 32.2. The van der Waals surface area contributed by atoms with Gasteiger partial charge >= 0.3 is 5.97 Å². The molecule has 0 N–H and O–H groups in total. The van der Waals surface area contributed by atoms with Crippen LogP contribution in [0, 0.1) is 0 Å². The predicted molar refractivity (Wildman–Crippen MR) is 112 cm³/mol. The maximum absolute atomic E-state index is 12.1. The summed E-state index contributed by atoms with van der Waals surface area (Å²) in [7, 11) is 0. The van der Waals surface area contributed by atoms with Crippen LogP contribution >= 0.6 is 11.8 Å². The van der Waals surface area contributed by atoms with Gasteiger partial charge in [0.2, 0.25) is 0 Å². The molecule has 27 heavy (non-hydrogen) atoms. The number of esters is 1. The lowest BCUT2D eigenvalue weighted by Gasteiger charge is -2.17. The van der Waals surface area contributed by atoms with Gasteiger partial charge in [-0.15, -0.1) is 11.8 Å². The molecule has 0 amide bonds. The van der Waals surface area contributed by atoms with E-state index in [1.54, 1.807) is 18.7 Å². The van der Waals surface area contributed by atoms with Crippen molar-refractivity contribution in [2.75, 3.05) is 12.9 Å². The Morgan fingerprint density at radius 2 is 1.81 bits per heavy atom. The summed E-state index contributed by atoms with van der Waals surface area (Å²) >= 11 is 1.72. The lowest BCUT2D eigenvalue weighted by Crippen LogP contribution is -2.11. The van der Waals surface area contributed by atoms with E-state index in [2.05, 4.69) is 31.0 Å². The fourth-order valence-corrected chi connectivity index (χ4v) is 3.97. The molecule has 3 nitrogen and oxygen atoms in total. The number of carbonyl (C=O) groups excluding carboxylic acids is 1. The minimum Gasteiger partial charge on any atom is -0.463 e. The quantitative estimate of drug-likeness (QED) is 0.322. The van der Waals surface area contributed by atoms with Crippen molar-refractivity contribution in [3.8, 4) is 0 Å². The number of ether oxygens (including phenoxy) is 1. The zero-order chi connectivity index (χ0) is 19.2. The zero-order valence-corrected chi connectivity index (χ0v) is 16.5. The number of nitrogens with zero attached hydrogens (tertiary/aromatic N) is 1. The molecule has 1 aromatic heterocycles. The largest absolute Gasteiger partial charge is 0.463 e. The van der Waals surface area contributed by atoms with E-state index >= 15 is 0 Å². The highest BCUT2D eigenvalue weighted by molar-refractivity contribution is 7.98. The lowest BCUT2D eigenvalue weighted by molar-refractivity contribution is -0.138. The van der Waals surface area contributed by atoms with Gasteiger partial charge in [0.05, 0.1) is 17.8 Å². The van der Waals surface area contributed by atoms with E-state index in [4.69, 9.17) is 9.72 Å². The summed E-state index contributed by atoms with van der Waals surface area (Å²) in [6, 6.07) is 18.5. The van der Waals surface area contributed by atoms with Gasteiger partial charge in [0.25, 0.3) is 0 Å². The average molecular weight is 378 g/mol. The normalized spacial score (nSPS) is 10.7. The number of hydrogen-bond donors (Lipinski definition) is 0. The first-order valence-electron chi connectivity index (χ1n) is 8.97. The fourth-order valence-electron chi connectivity index (χ4n) is 3.14. The monoisotopic (exact) mass is 377 g/mol. The van der Waals surface area contributed by atoms with Crippen LogP contribution in [-0.2, 0) is 22.4 Å². The Labute approximate surface area is 164 Å².